The number of hydrogen-bond donors (Lipinski definition) is 0. The lowest BCUT2D eigenvalue weighted by atomic mass is 10.2. The average Bonchev–Trinajstić information content (AvgIpc) is 2.43. The van der Waals surface area contributed by atoms with E-state index in [2.05, 4.69) is 0 Å². The van der Waals surface area contributed by atoms with Crippen LogP contribution in [0.3, 0.4) is 0 Å². The van der Waals surface area contributed by atoms with Gasteiger partial charge in [0.1, 0.15) is 6.07 Å². The molecule has 0 heterocycles. The molecule has 0 aromatic heterocycles. The van der Waals surface area contributed by atoms with Crippen molar-refractivity contribution in [3.63, 3.8) is 0 Å². The number of hydrogen-bond acceptors (Lipinski definition) is 4. The molecule has 0 saturated heterocycles. The highest BCUT2D eigenvalue weighted by molar-refractivity contribution is 5.92. The molecule has 4 nitrogen and oxygen atoms in total. The Hall–Kier alpha value is -2.28. The summed E-state index contributed by atoms with van der Waals surface area (Å²) in [6, 6.07) is 11.7. The van der Waals surface area contributed by atoms with E-state index in [4.69, 9.17) is 10.00 Å². The zero-order chi connectivity index (χ0) is 15.0. The molecule has 0 amide bonds. The summed E-state index contributed by atoms with van der Waals surface area (Å²) < 4.78 is 5.05. The zero-order valence-electron chi connectivity index (χ0n) is 12.2. The lowest BCUT2D eigenvalue weighted by Gasteiger charge is -2.14. The summed E-state index contributed by atoms with van der Waals surface area (Å²) in [6.45, 7) is 4.85. The summed E-state index contributed by atoms with van der Waals surface area (Å²) in [5, 5.41) is 9.03. The van der Waals surface area contributed by atoms with Gasteiger partial charge in [-0.05, 0) is 11.5 Å². The first-order valence-electron chi connectivity index (χ1n) is 6.56. The highest BCUT2D eigenvalue weighted by Gasteiger charge is 2.12. The van der Waals surface area contributed by atoms with Gasteiger partial charge in [0.15, 0.2) is 5.57 Å². The first-order valence-corrected chi connectivity index (χ1v) is 6.56. The summed E-state index contributed by atoms with van der Waals surface area (Å²) >= 11 is 0. The van der Waals surface area contributed by atoms with E-state index in [0.29, 0.717) is 13.2 Å². The van der Waals surface area contributed by atoms with Crippen LogP contribution < -0.4 is 0 Å². The fourth-order valence-electron chi connectivity index (χ4n) is 1.58. The van der Waals surface area contributed by atoms with Crippen LogP contribution in [0.25, 0.3) is 0 Å². The molecule has 0 atom stereocenters. The van der Waals surface area contributed by atoms with E-state index in [0.717, 1.165) is 5.56 Å². The number of ether oxygens (including phenoxy) is 1. The second-order valence-corrected chi connectivity index (χ2v) is 5.05. The average molecular weight is 272 g/mol. The van der Waals surface area contributed by atoms with E-state index in [1.54, 1.807) is 4.90 Å². The van der Waals surface area contributed by atoms with Crippen LogP contribution in [-0.4, -0.2) is 24.5 Å². The molecule has 0 fully saturated rings. The van der Waals surface area contributed by atoms with Crippen LogP contribution in [0.1, 0.15) is 19.4 Å². The van der Waals surface area contributed by atoms with Crippen molar-refractivity contribution in [2.75, 3.05) is 13.7 Å². The standard InChI is InChI=1S/C16H20N2O2/c1-13(2)12-20-16(19)15(9-17)11-18(3)10-14-7-5-4-6-8-14/h4-8,11,13H,10,12H2,1-3H3/b15-11+. The van der Waals surface area contributed by atoms with E-state index < -0.39 is 5.97 Å². The minimum Gasteiger partial charge on any atom is -0.461 e. The smallest absolute Gasteiger partial charge is 0.350 e. The topological polar surface area (TPSA) is 53.3 Å². The van der Waals surface area contributed by atoms with E-state index in [9.17, 15) is 4.79 Å². The zero-order valence-corrected chi connectivity index (χ0v) is 12.2. The molecule has 20 heavy (non-hydrogen) atoms. The predicted octanol–water partition coefficient (Wildman–Crippen LogP) is 2.73. The number of nitrogens with zero attached hydrogens (tertiary/aromatic N) is 2. The third-order valence-electron chi connectivity index (χ3n) is 2.51. The third-order valence-corrected chi connectivity index (χ3v) is 2.51. The molecule has 0 radical (unpaired) electrons. The van der Waals surface area contributed by atoms with Crippen molar-refractivity contribution >= 4 is 5.97 Å². The molecule has 0 saturated carbocycles. The van der Waals surface area contributed by atoms with Crippen LogP contribution in [0, 0.1) is 17.2 Å². The Balaban J connectivity index is 2.64. The van der Waals surface area contributed by atoms with Crippen LogP contribution >= 0.6 is 0 Å². The summed E-state index contributed by atoms with van der Waals surface area (Å²) in [5.74, 6) is -0.318. The highest BCUT2D eigenvalue weighted by Crippen LogP contribution is 2.06. The maximum absolute atomic E-state index is 11.7. The molecular formula is C16H20N2O2. The van der Waals surface area contributed by atoms with Crippen molar-refractivity contribution in [2.45, 2.75) is 20.4 Å². The number of esters is 1. The number of nitriles is 1. The van der Waals surface area contributed by atoms with Crippen LogP contribution in [0.2, 0.25) is 0 Å². The number of benzene rings is 1. The molecule has 0 spiro atoms. The number of rotatable bonds is 6. The van der Waals surface area contributed by atoms with Crippen LogP contribution in [-0.2, 0) is 16.1 Å². The van der Waals surface area contributed by atoms with E-state index in [-0.39, 0.29) is 11.5 Å². The quantitative estimate of drug-likeness (QED) is 0.454. The minimum absolute atomic E-state index is 0.0177. The van der Waals surface area contributed by atoms with Crippen molar-refractivity contribution < 1.29 is 9.53 Å². The maximum atomic E-state index is 11.7. The van der Waals surface area contributed by atoms with Gasteiger partial charge in [0.25, 0.3) is 0 Å². The molecule has 1 rings (SSSR count). The molecule has 0 aliphatic heterocycles. The Bertz CT molecular complexity index is 501. The first kappa shape index (κ1) is 15.8. The molecule has 0 aliphatic carbocycles. The summed E-state index contributed by atoms with van der Waals surface area (Å²) in [4.78, 5) is 13.5. The van der Waals surface area contributed by atoms with E-state index in [1.807, 2.05) is 57.3 Å². The van der Waals surface area contributed by atoms with Crippen molar-refractivity contribution in [2.24, 2.45) is 5.92 Å². The van der Waals surface area contributed by atoms with Gasteiger partial charge < -0.3 is 9.64 Å². The Morgan fingerprint density at radius 1 is 1.40 bits per heavy atom. The lowest BCUT2D eigenvalue weighted by Crippen LogP contribution is -2.16. The summed E-state index contributed by atoms with van der Waals surface area (Å²) in [6.07, 6.45) is 1.52. The second kappa shape index (κ2) is 8.00. The van der Waals surface area contributed by atoms with Gasteiger partial charge in [-0.2, -0.15) is 5.26 Å². The van der Waals surface area contributed by atoms with Crippen LogP contribution in [0.15, 0.2) is 42.1 Å². The molecular weight excluding hydrogens is 252 g/mol. The Morgan fingerprint density at radius 3 is 2.60 bits per heavy atom. The van der Waals surface area contributed by atoms with E-state index >= 15 is 0 Å². The first-order chi connectivity index (χ1) is 9.52. The van der Waals surface area contributed by atoms with Crippen LogP contribution in [0.4, 0.5) is 0 Å². The van der Waals surface area contributed by atoms with Crippen molar-refractivity contribution in [3.05, 3.63) is 47.7 Å². The van der Waals surface area contributed by atoms with Crippen LogP contribution in [0.5, 0.6) is 0 Å². The minimum atomic E-state index is -0.568. The monoisotopic (exact) mass is 272 g/mol. The van der Waals surface area contributed by atoms with Crippen molar-refractivity contribution in [1.29, 1.82) is 5.26 Å². The molecule has 0 bridgehead atoms. The van der Waals surface area contributed by atoms with Gasteiger partial charge in [-0.3, -0.25) is 0 Å². The van der Waals surface area contributed by atoms with Crippen molar-refractivity contribution in [3.8, 4) is 6.07 Å². The molecule has 1 aromatic rings. The van der Waals surface area contributed by atoms with Gasteiger partial charge in [0, 0.05) is 19.8 Å². The largest absolute Gasteiger partial charge is 0.461 e. The lowest BCUT2D eigenvalue weighted by molar-refractivity contribution is -0.139. The van der Waals surface area contributed by atoms with Gasteiger partial charge in [-0.15, -0.1) is 0 Å². The van der Waals surface area contributed by atoms with Gasteiger partial charge >= 0.3 is 5.97 Å². The van der Waals surface area contributed by atoms with Gasteiger partial charge in [-0.1, -0.05) is 44.2 Å². The predicted molar refractivity (Wildman–Crippen MR) is 77.4 cm³/mol. The number of carbonyl (C=O) groups excluding carboxylic acids is 1. The molecule has 1 aromatic carbocycles. The molecule has 0 aliphatic rings. The Labute approximate surface area is 120 Å². The summed E-state index contributed by atoms with van der Waals surface area (Å²) in [5.41, 5.74) is 1.13. The molecule has 0 N–H and O–H groups in total. The fourth-order valence-corrected chi connectivity index (χ4v) is 1.58. The Morgan fingerprint density at radius 2 is 2.05 bits per heavy atom. The molecule has 106 valence electrons. The molecule has 4 heteroatoms. The van der Waals surface area contributed by atoms with Gasteiger partial charge in [0.05, 0.1) is 6.61 Å². The van der Waals surface area contributed by atoms with E-state index in [1.165, 1.54) is 6.20 Å². The maximum Gasteiger partial charge on any atom is 0.350 e. The highest BCUT2D eigenvalue weighted by atomic mass is 16.5. The third kappa shape index (κ3) is 5.57. The SMILES string of the molecule is CC(C)COC(=O)/C(C#N)=C/N(C)Cc1ccccc1. The molecule has 0 unspecified atom stereocenters. The van der Waals surface area contributed by atoms with Crippen molar-refractivity contribution in [1.82, 2.24) is 4.90 Å². The fraction of sp³-hybridized carbons (Fsp3) is 0.375. The number of carbonyl (C=O) groups is 1. The Kier molecular flexibility index (Phi) is 6.31. The normalized spacial score (nSPS) is 11.1. The second-order valence-electron chi connectivity index (χ2n) is 5.05. The van der Waals surface area contributed by atoms with Gasteiger partial charge in [-0.25, -0.2) is 4.79 Å². The van der Waals surface area contributed by atoms with Gasteiger partial charge in [0.2, 0.25) is 0 Å². The summed E-state index contributed by atoms with van der Waals surface area (Å²) in [7, 11) is 1.82.